The average Bonchev–Trinajstić information content (AvgIpc) is 3.07. The maximum absolute atomic E-state index is 4.43. The van der Waals surface area contributed by atoms with Gasteiger partial charge in [0.15, 0.2) is 0 Å². The average molecular weight is 563 g/mol. The Morgan fingerprint density at radius 1 is 0.341 bits per heavy atom. The third kappa shape index (κ3) is 4.35. The fourth-order valence-electron chi connectivity index (χ4n) is 6.77. The number of hydrogen-bond donors (Lipinski definition) is 0. The number of nitrogens with zero attached hydrogens (tertiary/aromatic N) is 2. The Balaban J connectivity index is 1.38. The summed E-state index contributed by atoms with van der Waals surface area (Å²) in [6.07, 6.45) is 3.78. The molecular formula is C42H30N2. The van der Waals surface area contributed by atoms with Gasteiger partial charge in [0, 0.05) is 23.8 Å². The largest absolute Gasteiger partial charge is 0.262 e. The molecule has 44 heavy (non-hydrogen) atoms. The molecule has 0 aliphatic carbocycles. The highest BCUT2D eigenvalue weighted by atomic mass is 14.7. The predicted molar refractivity (Wildman–Crippen MR) is 186 cm³/mol. The molecule has 0 aliphatic rings. The van der Waals surface area contributed by atoms with Crippen molar-refractivity contribution in [1.29, 1.82) is 0 Å². The van der Waals surface area contributed by atoms with Crippen LogP contribution in [-0.4, -0.2) is 9.97 Å². The van der Waals surface area contributed by atoms with Crippen molar-refractivity contribution in [2.24, 2.45) is 0 Å². The van der Waals surface area contributed by atoms with Crippen molar-refractivity contribution in [3.8, 4) is 44.5 Å². The maximum atomic E-state index is 4.43. The van der Waals surface area contributed by atoms with Crippen molar-refractivity contribution in [2.75, 3.05) is 0 Å². The van der Waals surface area contributed by atoms with Crippen LogP contribution >= 0.6 is 0 Å². The van der Waals surface area contributed by atoms with Gasteiger partial charge in [-0.25, -0.2) is 0 Å². The SMILES string of the molecule is Cc1cc(-c2ccc(-c3c4ccccc4c(-c4ccc(-c5ccnc(C)c5)c5ccccc45)c4ccccc34)cc2)ccn1. The molecule has 0 spiro atoms. The lowest BCUT2D eigenvalue weighted by Crippen LogP contribution is -1.93. The summed E-state index contributed by atoms with van der Waals surface area (Å²) < 4.78 is 0. The molecule has 0 saturated heterocycles. The van der Waals surface area contributed by atoms with Gasteiger partial charge in [-0.3, -0.25) is 9.97 Å². The molecule has 0 fully saturated rings. The second-order valence-corrected chi connectivity index (χ2v) is 11.5. The zero-order valence-corrected chi connectivity index (χ0v) is 24.8. The normalized spacial score (nSPS) is 11.4. The Labute approximate surface area is 257 Å². The molecule has 208 valence electrons. The van der Waals surface area contributed by atoms with Crippen LogP contribution in [0.15, 0.2) is 146 Å². The number of fused-ring (bicyclic) bond motifs is 3. The molecule has 6 aromatic carbocycles. The quantitative estimate of drug-likeness (QED) is 0.199. The monoisotopic (exact) mass is 562 g/mol. The summed E-state index contributed by atoms with van der Waals surface area (Å²) in [6.45, 7) is 4.09. The van der Waals surface area contributed by atoms with E-state index in [0.29, 0.717) is 0 Å². The predicted octanol–water partition coefficient (Wildman–Crippen LogP) is 11.2. The first-order valence-corrected chi connectivity index (χ1v) is 15.1. The van der Waals surface area contributed by atoms with Crippen LogP contribution in [-0.2, 0) is 0 Å². The Kier molecular flexibility index (Phi) is 6.27. The topological polar surface area (TPSA) is 25.8 Å². The minimum Gasteiger partial charge on any atom is -0.262 e. The van der Waals surface area contributed by atoms with Crippen LogP contribution in [0.3, 0.4) is 0 Å². The van der Waals surface area contributed by atoms with Crippen LogP contribution in [0.25, 0.3) is 76.8 Å². The molecule has 0 aliphatic heterocycles. The smallest absolute Gasteiger partial charge is 0.0378 e. The lowest BCUT2D eigenvalue weighted by molar-refractivity contribution is 1.20. The van der Waals surface area contributed by atoms with Gasteiger partial charge in [0.25, 0.3) is 0 Å². The Morgan fingerprint density at radius 3 is 1.34 bits per heavy atom. The van der Waals surface area contributed by atoms with E-state index in [4.69, 9.17) is 0 Å². The number of aromatic nitrogens is 2. The summed E-state index contributed by atoms with van der Waals surface area (Å²) in [5.74, 6) is 0. The lowest BCUT2D eigenvalue weighted by Gasteiger charge is -2.20. The molecule has 2 aromatic heterocycles. The van der Waals surface area contributed by atoms with E-state index in [0.717, 1.165) is 11.4 Å². The molecule has 2 heteroatoms. The molecule has 0 saturated carbocycles. The zero-order valence-electron chi connectivity index (χ0n) is 24.8. The third-order valence-electron chi connectivity index (χ3n) is 8.74. The van der Waals surface area contributed by atoms with E-state index in [2.05, 4.69) is 143 Å². The summed E-state index contributed by atoms with van der Waals surface area (Å²) in [5.41, 5.74) is 11.8. The summed E-state index contributed by atoms with van der Waals surface area (Å²) in [4.78, 5) is 8.81. The fraction of sp³-hybridized carbons (Fsp3) is 0.0476. The molecule has 2 heterocycles. The third-order valence-corrected chi connectivity index (χ3v) is 8.74. The molecule has 0 bridgehead atoms. The number of hydrogen-bond acceptors (Lipinski definition) is 2. The molecule has 0 unspecified atom stereocenters. The van der Waals surface area contributed by atoms with E-state index >= 15 is 0 Å². The highest BCUT2D eigenvalue weighted by Crippen LogP contribution is 2.46. The Bertz CT molecular complexity index is 2290. The number of benzene rings is 6. The first kappa shape index (κ1) is 26.1. The van der Waals surface area contributed by atoms with Gasteiger partial charge in [-0.1, -0.05) is 109 Å². The molecule has 8 aromatic rings. The number of pyridine rings is 2. The molecular weight excluding hydrogens is 532 g/mol. The van der Waals surface area contributed by atoms with Crippen molar-refractivity contribution < 1.29 is 0 Å². The van der Waals surface area contributed by atoms with Gasteiger partial charge in [-0.05, 0) is 115 Å². The van der Waals surface area contributed by atoms with Gasteiger partial charge in [-0.2, -0.15) is 0 Å². The van der Waals surface area contributed by atoms with Crippen molar-refractivity contribution in [1.82, 2.24) is 9.97 Å². The van der Waals surface area contributed by atoms with Crippen LogP contribution in [0, 0.1) is 13.8 Å². The van der Waals surface area contributed by atoms with Crippen LogP contribution in [0.1, 0.15) is 11.4 Å². The van der Waals surface area contributed by atoms with Crippen LogP contribution in [0.5, 0.6) is 0 Å². The summed E-state index contributed by atoms with van der Waals surface area (Å²) in [7, 11) is 0. The van der Waals surface area contributed by atoms with Crippen molar-refractivity contribution in [3.05, 3.63) is 157 Å². The van der Waals surface area contributed by atoms with Crippen LogP contribution in [0.2, 0.25) is 0 Å². The second-order valence-electron chi connectivity index (χ2n) is 11.5. The summed E-state index contributed by atoms with van der Waals surface area (Å²) in [5, 5.41) is 7.52. The van der Waals surface area contributed by atoms with E-state index in [1.165, 1.54) is 76.8 Å². The zero-order chi connectivity index (χ0) is 29.6. The number of aryl methyl sites for hydroxylation is 2. The van der Waals surface area contributed by atoms with E-state index in [-0.39, 0.29) is 0 Å². The van der Waals surface area contributed by atoms with E-state index in [1.807, 2.05) is 26.2 Å². The summed E-state index contributed by atoms with van der Waals surface area (Å²) in [6, 6.07) is 48.6. The van der Waals surface area contributed by atoms with Crippen molar-refractivity contribution in [3.63, 3.8) is 0 Å². The minimum absolute atomic E-state index is 1.02. The first-order valence-electron chi connectivity index (χ1n) is 15.1. The maximum Gasteiger partial charge on any atom is 0.0378 e. The van der Waals surface area contributed by atoms with Crippen LogP contribution < -0.4 is 0 Å². The van der Waals surface area contributed by atoms with Gasteiger partial charge in [-0.15, -0.1) is 0 Å². The fourth-order valence-corrected chi connectivity index (χ4v) is 6.77. The minimum atomic E-state index is 1.02. The molecule has 0 atom stereocenters. The van der Waals surface area contributed by atoms with E-state index < -0.39 is 0 Å². The second kappa shape index (κ2) is 10.6. The van der Waals surface area contributed by atoms with Gasteiger partial charge in [0.1, 0.15) is 0 Å². The van der Waals surface area contributed by atoms with Gasteiger partial charge in [0.2, 0.25) is 0 Å². The van der Waals surface area contributed by atoms with Gasteiger partial charge >= 0.3 is 0 Å². The van der Waals surface area contributed by atoms with E-state index in [9.17, 15) is 0 Å². The molecule has 8 rings (SSSR count). The first-order chi connectivity index (χ1) is 21.7. The summed E-state index contributed by atoms with van der Waals surface area (Å²) >= 11 is 0. The molecule has 0 amide bonds. The molecule has 0 N–H and O–H groups in total. The molecule has 2 nitrogen and oxygen atoms in total. The highest BCUT2D eigenvalue weighted by Gasteiger charge is 2.19. The standard InChI is InChI=1S/C42H30N2/c1-27-25-31(21-23-43-27)29-15-17-30(18-16-29)41-36-11-5-7-13-38(36)42(39-14-8-6-12-37(39)41)40-20-19-33(32-22-24-44-28(2)26-32)34-9-3-4-10-35(34)40/h3-26H,1-2H3. The lowest BCUT2D eigenvalue weighted by atomic mass is 9.83. The van der Waals surface area contributed by atoms with Gasteiger partial charge < -0.3 is 0 Å². The molecule has 0 radical (unpaired) electrons. The van der Waals surface area contributed by atoms with E-state index in [1.54, 1.807) is 0 Å². The van der Waals surface area contributed by atoms with Crippen molar-refractivity contribution in [2.45, 2.75) is 13.8 Å². The van der Waals surface area contributed by atoms with Gasteiger partial charge in [0.05, 0.1) is 0 Å². The number of rotatable bonds is 4. The Morgan fingerprint density at radius 2 is 0.773 bits per heavy atom. The van der Waals surface area contributed by atoms with Crippen molar-refractivity contribution >= 4 is 32.3 Å². The Hall–Kier alpha value is -5.60. The van der Waals surface area contributed by atoms with Crippen LogP contribution in [0.4, 0.5) is 0 Å². The highest BCUT2D eigenvalue weighted by molar-refractivity contribution is 6.24.